The molecule has 0 radical (unpaired) electrons. The van der Waals surface area contributed by atoms with Gasteiger partial charge in [-0.25, -0.2) is 4.98 Å². The van der Waals surface area contributed by atoms with Gasteiger partial charge in [-0.3, -0.25) is 0 Å². The van der Waals surface area contributed by atoms with Gasteiger partial charge in [0.2, 0.25) is 0 Å². The lowest BCUT2D eigenvalue weighted by molar-refractivity contribution is 1.19. The van der Waals surface area contributed by atoms with Crippen molar-refractivity contribution in [2.24, 2.45) is 0 Å². The number of aromatic nitrogens is 2. The molecule has 88 valence electrons. The molecule has 0 unspecified atom stereocenters. The summed E-state index contributed by atoms with van der Waals surface area (Å²) in [5, 5.41) is 12.8. The van der Waals surface area contributed by atoms with Crippen molar-refractivity contribution in [1.82, 2.24) is 9.97 Å². The van der Waals surface area contributed by atoms with E-state index in [0.717, 1.165) is 27.5 Å². The summed E-state index contributed by atoms with van der Waals surface area (Å²) in [5.74, 6) is 0. The molecule has 0 amide bonds. The van der Waals surface area contributed by atoms with Crippen LogP contribution >= 0.6 is 11.3 Å². The van der Waals surface area contributed by atoms with E-state index in [1.165, 1.54) is 5.39 Å². The van der Waals surface area contributed by atoms with Gasteiger partial charge in [0.05, 0.1) is 18.2 Å². The first-order chi connectivity index (χ1) is 8.79. The van der Waals surface area contributed by atoms with Crippen molar-refractivity contribution in [3.05, 3.63) is 40.3 Å². The summed E-state index contributed by atoms with van der Waals surface area (Å²) >= 11 is 1.54. The first-order valence-corrected chi connectivity index (χ1v) is 6.56. The van der Waals surface area contributed by atoms with Crippen LogP contribution in [0.4, 0.5) is 0 Å². The van der Waals surface area contributed by atoms with Gasteiger partial charge >= 0.3 is 0 Å². The molecule has 0 aliphatic rings. The third kappa shape index (κ3) is 1.69. The van der Waals surface area contributed by atoms with E-state index in [1.807, 2.05) is 17.5 Å². The molecule has 3 aromatic rings. The predicted octanol–water partition coefficient (Wildman–Crippen LogP) is 3.67. The Balaban J connectivity index is 2.18. The molecular formula is C14H11N3S. The quantitative estimate of drug-likeness (QED) is 0.757. The average molecular weight is 253 g/mol. The highest BCUT2D eigenvalue weighted by molar-refractivity contribution is 7.10. The molecule has 0 atom stereocenters. The minimum Gasteiger partial charge on any atom is -0.358 e. The number of benzene rings is 1. The van der Waals surface area contributed by atoms with Crippen molar-refractivity contribution in [3.8, 4) is 17.3 Å². The molecule has 0 saturated carbocycles. The smallest absolute Gasteiger partial charge is 0.107 e. The molecule has 2 aromatic heterocycles. The van der Waals surface area contributed by atoms with Crippen LogP contribution in [0.25, 0.3) is 22.2 Å². The maximum Gasteiger partial charge on any atom is 0.107 e. The van der Waals surface area contributed by atoms with Crippen LogP contribution in [0.1, 0.15) is 10.7 Å². The second-order valence-electron chi connectivity index (χ2n) is 4.13. The fourth-order valence-electron chi connectivity index (χ4n) is 2.18. The van der Waals surface area contributed by atoms with Crippen LogP contribution in [0, 0.1) is 18.3 Å². The molecule has 1 aromatic carbocycles. The molecule has 0 aliphatic carbocycles. The Morgan fingerprint density at radius 2 is 2.22 bits per heavy atom. The normalized spacial score (nSPS) is 10.7. The first-order valence-electron chi connectivity index (χ1n) is 5.68. The zero-order chi connectivity index (χ0) is 12.5. The molecule has 3 nitrogen and oxygen atoms in total. The molecule has 0 aliphatic heterocycles. The fraction of sp³-hybridized carbons (Fsp3) is 0.143. The zero-order valence-electron chi connectivity index (χ0n) is 9.90. The Morgan fingerprint density at radius 1 is 1.39 bits per heavy atom. The molecule has 0 fully saturated rings. The summed E-state index contributed by atoms with van der Waals surface area (Å²) in [5.41, 5.74) is 4.34. The lowest BCUT2D eigenvalue weighted by Gasteiger charge is -1.96. The van der Waals surface area contributed by atoms with Gasteiger partial charge in [-0.15, -0.1) is 11.3 Å². The van der Waals surface area contributed by atoms with Crippen molar-refractivity contribution in [1.29, 1.82) is 5.26 Å². The van der Waals surface area contributed by atoms with E-state index in [2.05, 4.69) is 35.1 Å². The highest BCUT2D eigenvalue weighted by Gasteiger charge is 2.13. The Morgan fingerprint density at radius 3 is 3.06 bits per heavy atom. The van der Waals surface area contributed by atoms with Gasteiger partial charge in [-0.1, -0.05) is 18.2 Å². The van der Waals surface area contributed by atoms with E-state index in [9.17, 15) is 0 Å². The highest BCUT2D eigenvalue weighted by Crippen LogP contribution is 2.32. The number of nitrogens with one attached hydrogen (secondary N) is 1. The topological polar surface area (TPSA) is 52.5 Å². The summed E-state index contributed by atoms with van der Waals surface area (Å²) in [6, 6.07) is 10.3. The standard InChI is InChI=1S/C14H11N3S/c1-9-14(10-4-2-3-5-11(10)16-9)12-8-18-13(17-12)6-7-15/h2-5,8,16H,6H2,1H3. The number of nitriles is 1. The van der Waals surface area contributed by atoms with Crippen LogP contribution in [0.2, 0.25) is 0 Å². The van der Waals surface area contributed by atoms with E-state index >= 15 is 0 Å². The third-order valence-electron chi connectivity index (χ3n) is 2.93. The van der Waals surface area contributed by atoms with E-state index in [1.54, 1.807) is 11.3 Å². The maximum atomic E-state index is 8.70. The summed E-state index contributed by atoms with van der Waals surface area (Å²) in [6.45, 7) is 2.05. The van der Waals surface area contributed by atoms with E-state index in [4.69, 9.17) is 5.26 Å². The molecule has 0 saturated heterocycles. The van der Waals surface area contributed by atoms with Crippen molar-refractivity contribution in [2.45, 2.75) is 13.3 Å². The van der Waals surface area contributed by atoms with Gasteiger partial charge in [0.15, 0.2) is 0 Å². The van der Waals surface area contributed by atoms with Gasteiger partial charge in [0.1, 0.15) is 5.01 Å². The van der Waals surface area contributed by atoms with E-state index in [0.29, 0.717) is 6.42 Å². The second kappa shape index (κ2) is 4.28. The van der Waals surface area contributed by atoms with Crippen LogP contribution in [0.3, 0.4) is 0 Å². The number of hydrogen-bond acceptors (Lipinski definition) is 3. The van der Waals surface area contributed by atoms with Crippen molar-refractivity contribution in [3.63, 3.8) is 0 Å². The minimum absolute atomic E-state index is 0.381. The second-order valence-corrected chi connectivity index (χ2v) is 5.07. The van der Waals surface area contributed by atoms with Crippen LogP contribution in [-0.2, 0) is 6.42 Å². The zero-order valence-corrected chi connectivity index (χ0v) is 10.7. The summed E-state index contributed by atoms with van der Waals surface area (Å²) in [4.78, 5) is 7.90. The number of para-hydroxylation sites is 1. The molecule has 18 heavy (non-hydrogen) atoms. The fourth-order valence-corrected chi connectivity index (χ4v) is 2.90. The van der Waals surface area contributed by atoms with E-state index < -0.39 is 0 Å². The van der Waals surface area contributed by atoms with Gasteiger partial charge in [-0.2, -0.15) is 5.26 Å². The number of fused-ring (bicyclic) bond motifs is 1. The molecule has 0 spiro atoms. The lowest BCUT2D eigenvalue weighted by Crippen LogP contribution is -1.82. The van der Waals surface area contributed by atoms with Crippen molar-refractivity contribution >= 4 is 22.2 Å². The van der Waals surface area contributed by atoms with Crippen molar-refractivity contribution in [2.75, 3.05) is 0 Å². The van der Waals surface area contributed by atoms with Gasteiger partial charge in [0, 0.05) is 27.5 Å². The Hall–Kier alpha value is -2.12. The van der Waals surface area contributed by atoms with Crippen LogP contribution in [-0.4, -0.2) is 9.97 Å². The van der Waals surface area contributed by atoms with Gasteiger partial charge in [0.25, 0.3) is 0 Å². The molecule has 0 bridgehead atoms. The number of nitrogens with zero attached hydrogens (tertiary/aromatic N) is 2. The van der Waals surface area contributed by atoms with Crippen LogP contribution in [0.5, 0.6) is 0 Å². The monoisotopic (exact) mass is 253 g/mol. The number of H-pyrrole nitrogens is 1. The number of aromatic amines is 1. The third-order valence-corrected chi connectivity index (χ3v) is 3.78. The minimum atomic E-state index is 0.381. The summed E-state index contributed by atoms with van der Waals surface area (Å²) in [6.07, 6.45) is 0.381. The molecule has 1 N–H and O–H groups in total. The number of rotatable bonds is 2. The molecule has 4 heteroatoms. The van der Waals surface area contributed by atoms with E-state index in [-0.39, 0.29) is 0 Å². The predicted molar refractivity (Wildman–Crippen MR) is 73.5 cm³/mol. The van der Waals surface area contributed by atoms with Crippen LogP contribution < -0.4 is 0 Å². The number of hydrogen-bond donors (Lipinski definition) is 1. The number of thiazole rings is 1. The lowest BCUT2D eigenvalue weighted by atomic mass is 10.1. The van der Waals surface area contributed by atoms with Crippen LogP contribution in [0.15, 0.2) is 29.6 Å². The molecule has 3 rings (SSSR count). The maximum absolute atomic E-state index is 8.70. The Kier molecular flexibility index (Phi) is 2.62. The Labute approximate surface area is 109 Å². The van der Waals surface area contributed by atoms with Gasteiger partial charge in [-0.05, 0) is 13.0 Å². The molecule has 2 heterocycles. The largest absolute Gasteiger partial charge is 0.358 e. The SMILES string of the molecule is Cc1[nH]c2ccccc2c1-c1csc(CC#N)n1. The highest BCUT2D eigenvalue weighted by atomic mass is 32.1. The summed E-state index contributed by atoms with van der Waals surface area (Å²) < 4.78 is 0. The van der Waals surface area contributed by atoms with Crippen molar-refractivity contribution < 1.29 is 0 Å². The molecular weight excluding hydrogens is 242 g/mol. The summed E-state index contributed by atoms with van der Waals surface area (Å²) in [7, 11) is 0. The number of aryl methyl sites for hydroxylation is 1. The first kappa shape index (κ1) is 11.0. The van der Waals surface area contributed by atoms with Gasteiger partial charge < -0.3 is 4.98 Å². The Bertz CT molecular complexity index is 746. The average Bonchev–Trinajstić information content (AvgIpc) is 2.92.